The molecule has 0 aliphatic carbocycles. The van der Waals surface area contributed by atoms with E-state index < -0.39 is 0 Å². The van der Waals surface area contributed by atoms with Crippen LogP contribution in [0.5, 0.6) is 0 Å². The van der Waals surface area contributed by atoms with Gasteiger partial charge in [-0.2, -0.15) is 5.10 Å². The Labute approximate surface area is 194 Å². The first-order valence-electron chi connectivity index (χ1n) is 11.7. The molecule has 0 saturated carbocycles. The molecule has 1 aromatic carbocycles. The maximum Gasteiger partial charge on any atom is 0.157 e. The average molecular weight is 451 g/mol. The molecule has 3 heterocycles. The Morgan fingerprint density at radius 3 is 2.53 bits per heavy atom. The number of hydrogen-bond acceptors (Lipinski definition) is 5. The molecule has 3 aromatic heterocycles. The van der Waals surface area contributed by atoms with E-state index in [9.17, 15) is 4.79 Å². The van der Waals surface area contributed by atoms with Crippen LogP contribution in [0.1, 0.15) is 81.6 Å². The number of aryl methyl sites for hydroxylation is 2. The van der Waals surface area contributed by atoms with Crippen molar-refractivity contribution in [3.8, 4) is 11.3 Å². The van der Waals surface area contributed by atoms with Gasteiger partial charge in [-0.25, -0.2) is 14.5 Å². The molecule has 4 rings (SSSR count). The smallest absolute Gasteiger partial charge is 0.157 e. The number of thiazole rings is 1. The number of nitrogens with zero attached hydrogens (tertiary/aromatic N) is 4. The van der Waals surface area contributed by atoms with Crippen LogP contribution < -0.4 is 0 Å². The molecule has 170 valence electrons. The van der Waals surface area contributed by atoms with Crippen LogP contribution in [0.3, 0.4) is 0 Å². The van der Waals surface area contributed by atoms with Gasteiger partial charge in [0.1, 0.15) is 5.78 Å². The number of ketones is 1. The first-order chi connectivity index (χ1) is 15.4. The molecule has 0 radical (unpaired) electrons. The van der Waals surface area contributed by atoms with E-state index in [4.69, 9.17) is 10.1 Å². The van der Waals surface area contributed by atoms with Gasteiger partial charge in [-0.05, 0) is 57.4 Å². The third kappa shape index (κ3) is 4.90. The molecule has 0 aliphatic rings. The molecule has 0 aliphatic heterocycles. The highest BCUT2D eigenvalue weighted by molar-refractivity contribution is 7.18. The van der Waals surface area contributed by atoms with Crippen molar-refractivity contribution in [2.24, 2.45) is 0 Å². The maximum atomic E-state index is 11.8. The monoisotopic (exact) mass is 450 g/mol. The Kier molecular flexibility index (Phi) is 7.77. The third-order valence-corrected chi connectivity index (χ3v) is 6.70. The summed E-state index contributed by atoms with van der Waals surface area (Å²) in [5.74, 6) is 0.649. The van der Waals surface area contributed by atoms with Gasteiger partial charge >= 0.3 is 0 Å². The second-order valence-corrected chi connectivity index (χ2v) is 9.23. The van der Waals surface area contributed by atoms with Gasteiger partial charge in [0.2, 0.25) is 0 Å². The topological polar surface area (TPSA) is 60.2 Å². The number of hydrogen-bond donors (Lipinski definition) is 0. The molecule has 1 unspecified atom stereocenters. The van der Waals surface area contributed by atoms with Crippen LogP contribution in [0, 0.1) is 13.8 Å². The first-order valence-corrected chi connectivity index (χ1v) is 12.5. The minimum absolute atomic E-state index is 0.120. The number of carbonyl (C=O) groups is 1. The van der Waals surface area contributed by atoms with Gasteiger partial charge in [0.25, 0.3) is 0 Å². The van der Waals surface area contributed by atoms with Crippen LogP contribution in [-0.2, 0) is 11.2 Å². The number of aromatic nitrogens is 4. The van der Waals surface area contributed by atoms with E-state index in [-0.39, 0.29) is 5.78 Å². The molecular weight excluding hydrogens is 416 g/mol. The van der Waals surface area contributed by atoms with Crippen LogP contribution >= 0.6 is 11.3 Å². The van der Waals surface area contributed by atoms with Crippen LogP contribution in [0.2, 0.25) is 0 Å². The van der Waals surface area contributed by atoms with Crippen molar-refractivity contribution >= 4 is 33.0 Å². The predicted octanol–water partition coefficient (Wildman–Crippen LogP) is 7.07. The van der Waals surface area contributed by atoms with Gasteiger partial charge in [0, 0.05) is 23.5 Å². The van der Waals surface area contributed by atoms with Crippen molar-refractivity contribution in [3.05, 3.63) is 46.2 Å². The van der Waals surface area contributed by atoms with Gasteiger partial charge in [0.15, 0.2) is 5.65 Å². The fourth-order valence-corrected chi connectivity index (χ4v) is 5.38. The SMILES string of the molecule is CC.CCCC(CC)c1nc2c(C)cc(-c3cc(CC(C)=O)c4nc(C)cn4n3)cc2s1. The zero-order chi connectivity index (χ0) is 23.4. The van der Waals surface area contributed by atoms with E-state index >= 15 is 0 Å². The van der Waals surface area contributed by atoms with Crippen molar-refractivity contribution in [3.63, 3.8) is 0 Å². The standard InChI is InChI=1S/C24H28N4OS.C2H6/c1-6-8-17(7-2)24-26-22-14(3)9-18(12-21(22)30-24)20-11-19(10-16(5)29)23-25-15(4)13-28(23)27-20;1-2/h9,11-13,17H,6-8,10H2,1-5H3;1-2H3. The first kappa shape index (κ1) is 24.1. The predicted molar refractivity (Wildman–Crippen MR) is 135 cm³/mol. The van der Waals surface area contributed by atoms with Crippen LogP contribution in [-0.4, -0.2) is 25.4 Å². The summed E-state index contributed by atoms with van der Waals surface area (Å²) < 4.78 is 3.00. The Balaban J connectivity index is 0.00000141. The number of carbonyl (C=O) groups excluding carboxylic acids is 1. The normalized spacial score (nSPS) is 12.1. The molecule has 6 heteroatoms. The molecule has 0 fully saturated rings. The molecule has 32 heavy (non-hydrogen) atoms. The highest BCUT2D eigenvalue weighted by atomic mass is 32.1. The van der Waals surface area contributed by atoms with E-state index in [2.05, 4.69) is 37.9 Å². The Morgan fingerprint density at radius 1 is 1.12 bits per heavy atom. The second kappa shape index (κ2) is 10.3. The second-order valence-electron chi connectivity index (χ2n) is 8.17. The molecule has 0 bridgehead atoms. The van der Waals surface area contributed by atoms with Crippen molar-refractivity contribution in [1.82, 2.24) is 19.6 Å². The fourth-order valence-electron chi connectivity index (χ4n) is 4.08. The molecule has 5 nitrogen and oxygen atoms in total. The summed E-state index contributed by atoms with van der Waals surface area (Å²) in [7, 11) is 0. The van der Waals surface area contributed by atoms with Crippen molar-refractivity contribution in [2.75, 3.05) is 0 Å². The van der Waals surface area contributed by atoms with E-state index in [1.807, 2.05) is 33.0 Å². The summed E-state index contributed by atoms with van der Waals surface area (Å²) in [6, 6.07) is 6.36. The highest BCUT2D eigenvalue weighted by Crippen LogP contribution is 2.36. The minimum atomic E-state index is 0.120. The van der Waals surface area contributed by atoms with Gasteiger partial charge in [-0.3, -0.25) is 4.79 Å². The summed E-state index contributed by atoms with van der Waals surface area (Å²) in [4.78, 5) is 21.4. The highest BCUT2D eigenvalue weighted by Gasteiger charge is 2.17. The summed E-state index contributed by atoms with van der Waals surface area (Å²) >= 11 is 1.80. The third-order valence-electron chi connectivity index (χ3n) is 5.54. The number of imidazole rings is 1. The zero-order valence-corrected chi connectivity index (χ0v) is 21.1. The van der Waals surface area contributed by atoms with Gasteiger partial charge in [0.05, 0.1) is 32.8 Å². The molecule has 0 saturated heterocycles. The van der Waals surface area contributed by atoms with E-state index in [0.29, 0.717) is 12.3 Å². The van der Waals surface area contributed by atoms with E-state index in [0.717, 1.165) is 45.7 Å². The number of benzene rings is 1. The van der Waals surface area contributed by atoms with Gasteiger partial charge in [-0.1, -0.05) is 34.1 Å². The van der Waals surface area contributed by atoms with Crippen LogP contribution in [0.25, 0.3) is 27.1 Å². The molecule has 0 spiro atoms. The van der Waals surface area contributed by atoms with Crippen LogP contribution in [0.4, 0.5) is 0 Å². The largest absolute Gasteiger partial charge is 0.300 e. The van der Waals surface area contributed by atoms with Crippen molar-refractivity contribution in [2.45, 2.75) is 80.1 Å². The van der Waals surface area contributed by atoms with E-state index in [1.54, 1.807) is 22.8 Å². The Morgan fingerprint density at radius 2 is 1.88 bits per heavy atom. The van der Waals surface area contributed by atoms with Crippen molar-refractivity contribution in [1.29, 1.82) is 0 Å². The molecule has 0 amide bonds. The minimum Gasteiger partial charge on any atom is -0.300 e. The van der Waals surface area contributed by atoms with Gasteiger partial charge in [-0.15, -0.1) is 11.3 Å². The summed E-state index contributed by atoms with van der Waals surface area (Å²) in [5, 5.41) is 6.03. The van der Waals surface area contributed by atoms with Crippen LogP contribution in [0.15, 0.2) is 24.4 Å². The maximum absolute atomic E-state index is 11.8. The number of rotatable bonds is 7. The van der Waals surface area contributed by atoms with Crippen molar-refractivity contribution < 1.29 is 4.79 Å². The molecular formula is C26H34N4OS. The lowest BCUT2D eigenvalue weighted by Crippen LogP contribution is -2.03. The molecule has 1 atom stereocenters. The lowest BCUT2D eigenvalue weighted by molar-refractivity contribution is -0.116. The zero-order valence-electron chi connectivity index (χ0n) is 20.3. The number of fused-ring (bicyclic) bond motifs is 2. The molecule has 4 aromatic rings. The lowest BCUT2D eigenvalue weighted by atomic mass is 10.0. The fraction of sp³-hybridized carbons (Fsp3) is 0.462. The van der Waals surface area contributed by atoms with Gasteiger partial charge < -0.3 is 0 Å². The lowest BCUT2D eigenvalue weighted by Gasteiger charge is -2.09. The molecule has 0 N–H and O–H groups in total. The summed E-state index contributed by atoms with van der Waals surface area (Å²) in [6.07, 6.45) is 5.73. The summed E-state index contributed by atoms with van der Waals surface area (Å²) in [6.45, 7) is 14.2. The average Bonchev–Trinajstić information content (AvgIpc) is 3.36. The summed E-state index contributed by atoms with van der Waals surface area (Å²) in [5.41, 5.74) is 6.73. The van der Waals surface area contributed by atoms with E-state index in [1.165, 1.54) is 22.5 Å². The Bertz CT molecular complexity index is 1240. The quantitative estimate of drug-likeness (QED) is 0.302. The Hall–Kier alpha value is -2.60. The number of Topliss-reactive ketones (excluding diaryl/α,β-unsaturated/α-hetero) is 1.